The molecule has 0 saturated heterocycles. The van der Waals surface area contributed by atoms with E-state index in [1.165, 1.54) is 21.3 Å². The van der Waals surface area contributed by atoms with Crippen molar-refractivity contribution in [2.75, 3.05) is 32.0 Å². The summed E-state index contributed by atoms with van der Waals surface area (Å²) in [5.41, 5.74) is 3.61. The maximum absolute atomic E-state index is 12.8. The Kier molecular flexibility index (Phi) is 7.15. The number of urea groups is 1. The molecule has 0 saturated carbocycles. The van der Waals surface area contributed by atoms with E-state index in [4.69, 9.17) is 14.2 Å². The van der Waals surface area contributed by atoms with Crippen LogP contribution < -0.4 is 24.8 Å². The summed E-state index contributed by atoms with van der Waals surface area (Å²) in [5.74, 6) is 2.00. The maximum Gasteiger partial charge on any atom is 0.323 e. The lowest BCUT2D eigenvalue weighted by Crippen LogP contribution is -2.22. The van der Waals surface area contributed by atoms with Crippen LogP contribution in [0.4, 0.5) is 16.2 Å². The number of methoxy groups -OCH3 is 3. The number of benzene rings is 2. The predicted octanol–water partition coefficient (Wildman–Crippen LogP) is 5.60. The second kappa shape index (κ2) is 9.35. The first-order chi connectivity index (χ1) is 13.3. The van der Waals surface area contributed by atoms with Gasteiger partial charge in [-0.2, -0.15) is 0 Å². The molecule has 0 fully saturated rings. The third-order valence-corrected chi connectivity index (χ3v) is 4.53. The van der Waals surface area contributed by atoms with Crippen LogP contribution in [0.1, 0.15) is 50.7 Å². The minimum Gasteiger partial charge on any atom is -0.493 e. The number of carbonyl (C=O) groups is 1. The highest BCUT2D eigenvalue weighted by atomic mass is 16.5. The van der Waals surface area contributed by atoms with Crippen molar-refractivity contribution in [3.05, 3.63) is 41.5 Å². The summed E-state index contributed by atoms with van der Waals surface area (Å²) in [5, 5.41) is 5.89. The molecule has 0 aliphatic carbocycles. The number of hydrogen-bond donors (Lipinski definition) is 2. The average molecular weight is 386 g/mol. The molecular formula is C22H30N2O4. The van der Waals surface area contributed by atoms with E-state index in [1.807, 2.05) is 18.2 Å². The van der Waals surface area contributed by atoms with Gasteiger partial charge in [0.05, 0.1) is 27.0 Å². The zero-order valence-electron chi connectivity index (χ0n) is 17.7. The molecule has 6 nitrogen and oxygen atoms in total. The number of ether oxygens (including phenoxy) is 3. The van der Waals surface area contributed by atoms with E-state index in [1.54, 1.807) is 12.1 Å². The van der Waals surface area contributed by atoms with Gasteiger partial charge >= 0.3 is 6.03 Å². The summed E-state index contributed by atoms with van der Waals surface area (Å²) < 4.78 is 16.0. The van der Waals surface area contributed by atoms with Crippen molar-refractivity contribution in [2.45, 2.75) is 39.5 Å². The predicted molar refractivity (Wildman–Crippen MR) is 113 cm³/mol. The molecule has 0 unspecified atom stereocenters. The van der Waals surface area contributed by atoms with Crippen molar-refractivity contribution in [2.24, 2.45) is 0 Å². The smallest absolute Gasteiger partial charge is 0.323 e. The monoisotopic (exact) mass is 386 g/mol. The molecule has 0 radical (unpaired) electrons. The Morgan fingerprint density at radius 3 is 1.71 bits per heavy atom. The van der Waals surface area contributed by atoms with Crippen LogP contribution in [0.3, 0.4) is 0 Å². The Bertz CT molecular complexity index is 780. The number of para-hydroxylation sites is 1. The molecule has 152 valence electrons. The fourth-order valence-corrected chi connectivity index (χ4v) is 3.12. The molecule has 28 heavy (non-hydrogen) atoms. The molecule has 0 heterocycles. The van der Waals surface area contributed by atoms with E-state index >= 15 is 0 Å². The van der Waals surface area contributed by atoms with Crippen molar-refractivity contribution in [3.63, 3.8) is 0 Å². The molecule has 0 bridgehead atoms. The van der Waals surface area contributed by atoms with Crippen LogP contribution in [0.25, 0.3) is 0 Å². The summed E-state index contributed by atoms with van der Waals surface area (Å²) >= 11 is 0. The molecule has 2 amide bonds. The van der Waals surface area contributed by atoms with Crippen molar-refractivity contribution in [3.8, 4) is 17.2 Å². The SMILES string of the molecule is COc1cc(NC(=O)Nc2c(C(C)C)cccc2C(C)C)cc(OC)c1OC. The van der Waals surface area contributed by atoms with Crippen LogP contribution >= 0.6 is 0 Å². The Morgan fingerprint density at radius 2 is 1.32 bits per heavy atom. The number of hydrogen-bond acceptors (Lipinski definition) is 4. The lowest BCUT2D eigenvalue weighted by atomic mass is 9.93. The number of carbonyl (C=O) groups excluding carboxylic acids is 1. The van der Waals surface area contributed by atoms with Gasteiger partial charge in [-0.25, -0.2) is 4.79 Å². The van der Waals surface area contributed by atoms with E-state index in [-0.39, 0.29) is 17.9 Å². The molecule has 0 atom stereocenters. The molecule has 0 spiro atoms. The number of nitrogens with one attached hydrogen (secondary N) is 2. The van der Waals surface area contributed by atoms with E-state index in [0.29, 0.717) is 22.9 Å². The van der Waals surface area contributed by atoms with Gasteiger partial charge in [0.2, 0.25) is 5.75 Å². The van der Waals surface area contributed by atoms with Crippen LogP contribution in [-0.2, 0) is 0 Å². The van der Waals surface area contributed by atoms with Gasteiger partial charge in [0.1, 0.15) is 0 Å². The average Bonchev–Trinajstić information content (AvgIpc) is 2.66. The highest BCUT2D eigenvalue weighted by Gasteiger charge is 2.18. The lowest BCUT2D eigenvalue weighted by molar-refractivity contribution is 0.262. The van der Waals surface area contributed by atoms with E-state index in [0.717, 1.165) is 16.8 Å². The van der Waals surface area contributed by atoms with Crippen molar-refractivity contribution >= 4 is 17.4 Å². The zero-order valence-corrected chi connectivity index (χ0v) is 17.7. The first-order valence-electron chi connectivity index (χ1n) is 9.33. The van der Waals surface area contributed by atoms with Crippen molar-refractivity contribution < 1.29 is 19.0 Å². The van der Waals surface area contributed by atoms with Gasteiger partial charge in [-0.3, -0.25) is 0 Å². The van der Waals surface area contributed by atoms with Crippen LogP contribution in [-0.4, -0.2) is 27.4 Å². The standard InChI is InChI=1S/C22H30N2O4/c1-13(2)16-9-8-10-17(14(3)4)20(16)24-22(25)23-15-11-18(26-5)21(28-7)19(12-15)27-6/h8-14H,1-7H3,(H2,23,24,25). The lowest BCUT2D eigenvalue weighted by Gasteiger charge is -2.20. The number of anilines is 2. The first-order valence-corrected chi connectivity index (χ1v) is 9.33. The Labute approximate surface area is 167 Å². The van der Waals surface area contributed by atoms with E-state index in [9.17, 15) is 4.79 Å². The van der Waals surface area contributed by atoms with Gasteiger partial charge in [0.25, 0.3) is 0 Å². The topological polar surface area (TPSA) is 68.8 Å². The zero-order chi connectivity index (χ0) is 20.8. The van der Waals surface area contributed by atoms with Gasteiger partial charge in [-0.15, -0.1) is 0 Å². The molecule has 0 aliphatic heterocycles. The largest absolute Gasteiger partial charge is 0.493 e. The van der Waals surface area contributed by atoms with Crippen LogP contribution in [0.5, 0.6) is 17.2 Å². The van der Waals surface area contributed by atoms with Crippen LogP contribution in [0, 0.1) is 0 Å². The van der Waals surface area contributed by atoms with Gasteiger partial charge in [0.15, 0.2) is 11.5 Å². The normalized spacial score (nSPS) is 10.8. The van der Waals surface area contributed by atoms with Crippen molar-refractivity contribution in [1.29, 1.82) is 0 Å². The van der Waals surface area contributed by atoms with E-state index in [2.05, 4.69) is 38.3 Å². The van der Waals surface area contributed by atoms with Crippen LogP contribution in [0.15, 0.2) is 30.3 Å². The fourth-order valence-electron chi connectivity index (χ4n) is 3.12. The molecule has 2 aromatic rings. The molecule has 2 aromatic carbocycles. The number of rotatable bonds is 7. The van der Waals surface area contributed by atoms with Gasteiger partial charge in [0, 0.05) is 17.8 Å². The highest BCUT2D eigenvalue weighted by molar-refractivity contribution is 6.01. The van der Waals surface area contributed by atoms with Gasteiger partial charge in [-0.05, 0) is 23.0 Å². The fraction of sp³-hybridized carbons (Fsp3) is 0.409. The third-order valence-electron chi connectivity index (χ3n) is 4.53. The molecule has 0 aromatic heterocycles. The summed E-state index contributed by atoms with van der Waals surface area (Å²) in [4.78, 5) is 12.8. The van der Waals surface area contributed by atoms with Crippen LogP contribution in [0.2, 0.25) is 0 Å². The molecule has 2 rings (SSSR count). The summed E-state index contributed by atoms with van der Waals surface area (Å²) in [6.45, 7) is 8.45. The molecule has 0 aliphatic rings. The van der Waals surface area contributed by atoms with Gasteiger partial charge < -0.3 is 24.8 Å². The molecular weight excluding hydrogens is 356 g/mol. The quantitative estimate of drug-likeness (QED) is 0.649. The minimum atomic E-state index is -0.329. The Balaban J connectivity index is 2.33. The van der Waals surface area contributed by atoms with Crippen molar-refractivity contribution in [1.82, 2.24) is 0 Å². The summed E-state index contributed by atoms with van der Waals surface area (Å²) in [7, 11) is 4.61. The Morgan fingerprint density at radius 1 is 0.821 bits per heavy atom. The first kappa shape index (κ1) is 21.4. The number of amides is 2. The molecule has 6 heteroatoms. The highest BCUT2D eigenvalue weighted by Crippen LogP contribution is 2.40. The summed E-state index contributed by atoms with van der Waals surface area (Å²) in [6, 6.07) is 9.19. The van der Waals surface area contributed by atoms with Gasteiger partial charge in [-0.1, -0.05) is 45.9 Å². The second-order valence-corrected chi connectivity index (χ2v) is 7.11. The maximum atomic E-state index is 12.8. The summed E-state index contributed by atoms with van der Waals surface area (Å²) in [6.07, 6.45) is 0. The minimum absolute atomic E-state index is 0.287. The molecule has 2 N–H and O–H groups in total. The second-order valence-electron chi connectivity index (χ2n) is 7.11. The third kappa shape index (κ3) is 4.68. The van der Waals surface area contributed by atoms with E-state index < -0.39 is 0 Å². The Hall–Kier alpha value is -2.89.